The highest BCUT2D eigenvalue weighted by Gasteiger charge is 2.21. The van der Waals surface area contributed by atoms with Crippen molar-refractivity contribution in [1.82, 2.24) is 9.78 Å². The molecule has 3 nitrogen and oxygen atoms in total. The van der Waals surface area contributed by atoms with Gasteiger partial charge in [0.15, 0.2) is 0 Å². The summed E-state index contributed by atoms with van der Waals surface area (Å²) in [5.41, 5.74) is 7.16. The predicted octanol–water partition coefficient (Wildman–Crippen LogP) is 4.52. The summed E-state index contributed by atoms with van der Waals surface area (Å²) in [6, 6.07) is 6.53. The number of halogens is 2. The van der Waals surface area contributed by atoms with Crippen molar-refractivity contribution in [3.63, 3.8) is 0 Å². The minimum absolute atomic E-state index is 0.172. The van der Waals surface area contributed by atoms with E-state index in [0.29, 0.717) is 5.02 Å². The van der Waals surface area contributed by atoms with Crippen molar-refractivity contribution in [3.8, 4) is 0 Å². The lowest BCUT2D eigenvalue weighted by Gasteiger charge is -2.16. The van der Waals surface area contributed by atoms with Crippen LogP contribution in [0.25, 0.3) is 10.1 Å². The zero-order chi connectivity index (χ0) is 15.1. The molecular formula is C15H15ClFN3S. The number of nitrogens with two attached hydrogens (primary N) is 1. The number of nitrogens with zero attached hydrogens (tertiary/aromatic N) is 2. The van der Waals surface area contributed by atoms with E-state index >= 15 is 0 Å². The van der Waals surface area contributed by atoms with E-state index in [4.69, 9.17) is 17.3 Å². The first-order chi connectivity index (χ1) is 9.97. The smallest absolute Gasteiger partial charge is 0.124 e. The van der Waals surface area contributed by atoms with E-state index < -0.39 is 0 Å². The standard InChI is InChI=1S/C15H15ClFN3S/c1-8(2)20-15(11(16)7-19-20)14(18)13-5-9-3-4-10(17)6-12(9)21-13/h3-8,14H,18H2,1-2H3. The van der Waals surface area contributed by atoms with Crippen LogP contribution in [0.2, 0.25) is 5.02 Å². The molecule has 0 radical (unpaired) electrons. The maximum atomic E-state index is 13.3. The molecule has 0 saturated heterocycles. The van der Waals surface area contributed by atoms with E-state index in [1.807, 2.05) is 24.6 Å². The maximum absolute atomic E-state index is 13.3. The van der Waals surface area contributed by atoms with Crippen molar-refractivity contribution in [2.75, 3.05) is 0 Å². The van der Waals surface area contributed by atoms with Crippen molar-refractivity contribution < 1.29 is 4.39 Å². The van der Waals surface area contributed by atoms with Gasteiger partial charge in [-0.3, -0.25) is 4.68 Å². The average Bonchev–Trinajstić information content (AvgIpc) is 3.00. The number of aromatic nitrogens is 2. The van der Waals surface area contributed by atoms with E-state index in [-0.39, 0.29) is 17.9 Å². The maximum Gasteiger partial charge on any atom is 0.124 e. The molecule has 0 aliphatic rings. The highest BCUT2D eigenvalue weighted by molar-refractivity contribution is 7.19. The lowest BCUT2D eigenvalue weighted by Crippen LogP contribution is -2.18. The van der Waals surface area contributed by atoms with Crippen LogP contribution in [0.15, 0.2) is 30.5 Å². The third-order valence-electron chi connectivity index (χ3n) is 3.38. The van der Waals surface area contributed by atoms with Crippen molar-refractivity contribution in [3.05, 3.63) is 51.9 Å². The van der Waals surface area contributed by atoms with Crippen molar-refractivity contribution >= 4 is 33.0 Å². The van der Waals surface area contributed by atoms with Crippen LogP contribution in [0, 0.1) is 5.82 Å². The Morgan fingerprint density at radius 1 is 1.33 bits per heavy atom. The molecule has 0 bridgehead atoms. The van der Waals surface area contributed by atoms with E-state index in [9.17, 15) is 4.39 Å². The second-order valence-corrected chi connectivity index (χ2v) is 6.75. The Morgan fingerprint density at radius 3 is 2.81 bits per heavy atom. The van der Waals surface area contributed by atoms with E-state index in [1.54, 1.807) is 12.3 Å². The number of thiophene rings is 1. The van der Waals surface area contributed by atoms with Crippen molar-refractivity contribution in [2.24, 2.45) is 5.73 Å². The molecule has 0 aliphatic heterocycles. The van der Waals surface area contributed by atoms with Gasteiger partial charge in [0.2, 0.25) is 0 Å². The summed E-state index contributed by atoms with van der Waals surface area (Å²) in [6.07, 6.45) is 1.61. The van der Waals surface area contributed by atoms with Crippen LogP contribution < -0.4 is 5.73 Å². The van der Waals surface area contributed by atoms with Gasteiger partial charge in [-0.25, -0.2) is 4.39 Å². The SMILES string of the molecule is CC(C)n1ncc(Cl)c1C(N)c1cc2ccc(F)cc2s1. The summed E-state index contributed by atoms with van der Waals surface area (Å²) in [6.45, 7) is 4.06. The summed E-state index contributed by atoms with van der Waals surface area (Å²) in [7, 11) is 0. The molecule has 1 unspecified atom stereocenters. The van der Waals surface area contributed by atoms with Crippen LogP contribution in [0.5, 0.6) is 0 Å². The quantitative estimate of drug-likeness (QED) is 0.770. The fourth-order valence-corrected chi connectivity index (χ4v) is 3.71. The second-order valence-electron chi connectivity index (χ2n) is 5.22. The normalized spacial score (nSPS) is 13.2. The molecule has 2 N–H and O–H groups in total. The first-order valence-corrected chi connectivity index (χ1v) is 7.84. The van der Waals surface area contributed by atoms with Gasteiger partial charge in [-0.05, 0) is 37.4 Å². The Hall–Kier alpha value is -1.43. The van der Waals surface area contributed by atoms with Crippen LogP contribution in [0.3, 0.4) is 0 Å². The predicted molar refractivity (Wildman–Crippen MR) is 85.4 cm³/mol. The molecule has 110 valence electrons. The molecule has 21 heavy (non-hydrogen) atoms. The van der Waals surface area contributed by atoms with Crippen LogP contribution >= 0.6 is 22.9 Å². The van der Waals surface area contributed by atoms with E-state index in [1.165, 1.54) is 23.5 Å². The molecule has 2 heterocycles. The molecule has 6 heteroatoms. The van der Waals surface area contributed by atoms with Gasteiger partial charge in [-0.15, -0.1) is 11.3 Å². The van der Waals surface area contributed by atoms with Gasteiger partial charge in [-0.2, -0.15) is 5.10 Å². The van der Waals surface area contributed by atoms with Crippen LogP contribution in [0.4, 0.5) is 4.39 Å². The molecular weight excluding hydrogens is 309 g/mol. The molecule has 3 rings (SSSR count). The first-order valence-electron chi connectivity index (χ1n) is 6.65. The number of hydrogen-bond donors (Lipinski definition) is 1. The van der Waals surface area contributed by atoms with Gasteiger partial charge < -0.3 is 5.73 Å². The van der Waals surface area contributed by atoms with Gasteiger partial charge in [0, 0.05) is 15.6 Å². The third kappa shape index (κ3) is 2.57. The Labute approximate surface area is 131 Å². The largest absolute Gasteiger partial charge is 0.318 e. The monoisotopic (exact) mass is 323 g/mol. The van der Waals surface area contributed by atoms with Crippen LogP contribution in [-0.4, -0.2) is 9.78 Å². The first kappa shape index (κ1) is 14.5. The van der Waals surface area contributed by atoms with Crippen LogP contribution in [-0.2, 0) is 0 Å². The molecule has 0 aliphatic carbocycles. The highest BCUT2D eigenvalue weighted by Crippen LogP contribution is 2.35. The average molecular weight is 324 g/mol. The third-order valence-corrected chi connectivity index (χ3v) is 4.85. The van der Waals surface area contributed by atoms with Gasteiger partial charge in [0.05, 0.1) is 23.0 Å². The number of rotatable bonds is 3. The molecule has 1 aromatic carbocycles. The minimum atomic E-state index is -0.372. The summed E-state index contributed by atoms with van der Waals surface area (Å²) in [4.78, 5) is 0.944. The van der Waals surface area contributed by atoms with Crippen molar-refractivity contribution in [2.45, 2.75) is 25.9 Å². The second kappa shape index (κ2) is 5.40. The van der Waals surface area contributed by atoms with Gasteiger partial charge >= 0.3 is 0 Å². The molecule has 2 aromatic heterocycles. The molecule has 0 fully saturated rings. The van der Waals surface area contributed by atoms with Crippen molar-refractivity contribution in [1.29, 1.82) is 0 Å². The Balaban J connectivity index is 2.08. The number of hydrogen-bond acceptors (Lipinski definition) is 3. The summed E-state index contributed by atoms with van der Waals surface area (Å²) in [5, 5.41) is 5.82. The Bertz CT molecular complexity index is 793. The van der Waals surface area contributed by atoms with Gasteiger partial charge in [0.25, 0.3) is 0 Å². The Kier molecular flexibility index (Phi) is 3.73. The van der Waals surface area contributed by atoms with E-state index in [0.717, 1.165) is 20.7 Å². The molecule has 0 amide bonds. The number of benzene rings is 1. The zero-order valence-electron chi connectivity index (χ0n) is 11.7. The summed E-state index contributed by atoms with van der Waals surface area (Å²) < 4.78 is 16.0. The summed E-state index contributed by atoms with van der Waals surface area (Å²) in [5.74, 6) is -0.241. The summed E-state index contributed by atoms with van der Waals surface area (Å²) >= 11 is 7.72. The zero-order valence-corrected chi connectivity index (χ0v) is 13.2. The molecule has 3 aromatic rings. The molecule has 0 spiro atoms. The van der Waals surface area contributed by atoms with Gasteiger partial charge in [0.1, 0.15) is 5.82 Å². The molecule has 0 saturated carbocycles. The minimum Gasteiger partial charge on any atom is -0.318 e. The fraction of sp³-hybridized carbons (Fsp3) is 0.267. The fourth-order valence-electron chi connectivity index (χ4n) is 2.37. The highest BCUT2D eigenvalue weighted by atomic mass is 35.5. The lowest BCUT2D eigenvalue weighted by atomic mass is 10.1. The topological polar surface area (TPSA) is 43.8 Å². The number of fused-ring (bicyclic) bond motifs is 1. The Morgan fingerprint density at radius 2 is 2.10 bits per heavy atom. The van der Waals surface area contributed by atoms with Gasteiger partial charge in [-0.1, -0.05) is 17.7 Å². The lowest BCUT2D eigenvalue weighted by molar-refractivity contribution is 0.500. The molecule has 1 atom stereocenters. The van der Waals surface area contributed by atoms with E-state index in [2.05, 4.69) is 5.10 Å². The van der Waals surface area contributed by atoms with Crippen LogP contribution in [0.1, 0.15) is 36.5 Å².